The molecule has 0 aromatic heterocycles. The molecule has 1 atom stereocenters. The van der Waals surface area contributed by atoms with Gasteiger partial charge in [-0.2, -0.15) is 0 Å². The van der Waals surface area contributed by atoms with E-state index < -0.39 is 4.92 Å². The van der Waals surface area contributed by atoms with Crippen molar-refractivity contribution in [3.8, 4) is 5.75 Å². The molecule has 0 aliphatic carbocycles. The molecular formula is C10H14N2O3. The molecule has 1 unspecified atom stereocenters. The second kappa shape index (κ2) is 4.75. The van der Waals surface area contributed by atoms with Crippen LogP contribution in [-0.4, -0.2) is 17.6 Å². The maximum absolute atomic E-state index is 10.5. The van der Waals surface area contributed by atoms with Crippen LogP contribution in [0.2, 0.25) is 0 Å². The zero-order valence-corrected chi connectivity index (χ0v) is 8.77. The number of nitro benzene ring substituents is 1. The fraction of sp³-hybridized carbons (Fsp3) is 0.400. The lowest BCUT2D eigenvalue weighted by molar-refractivity contribution is -0.384. The van der Waals surface area contributed by atoms with Crippen molar-refractivity contribution in [2.45, 2.75) is 20.0 Å². The summed E-state index contributed by atoms with van der Waals surface area (Å²) >= 11 is 0. The summed E-state index contributed by atoms with van der Waals surface area (Å²) in [6.45, 7) is 4.03. The Morgan fingerprint density at radius 3 is 2.73 bits per heavy atom. The average molecular weight is 210 g/mol. The van der Waals surface area contributed by atoms with E-state index in [4.69, 9.17) is 10.5 Å². The van der Waals surface area contributed by atoms with Gasteiger partial charge in [0.05, 0.1) is 4.92 Å². The molecule has 0 radical (unpaired) electrons. The highest BCUT2D eigenvalue weighted by molar-refractivity contribution is 5.43. The Labute approximate surface area is 88.0 Å². The number of hydrogen-bond donors (Lipinski definition) is 1. The zero-order chi connectivity index (χ0) is 11.4. The smallest absolute Gasteiger partial charge is 0.269 e. The molecule has 2 N–H and O–H groups in total. The van der Waals surface area contributed by atoms with E-state index in [1.165, 1.54) is 12.1 Å². The van der Waals surface area contributed by atoms with Crippen molar-refractivity contribution in [1.82, 2.24) is 0 Å². The summed E-state index contributed by atoms with van der Waals surface area (Å²) in [6, 6.07) is 4.50. The van der Waals surface area contributed by atoms with Gasteiger partial charge in [0.15, 0.2) is 0 Å². The largest absolute Gasteiger partial charge is 0.489 e. The molecule has 0 bridgehead atoms. The Bertz CT molecular complexity index is 366. The predicted octanol–water partition coefficient (Wildman–Crippen LogP) is 1.63. The molecule has 1 rings (SSSR count). The summed E-state index contributed by atoms with van der Waals surface area (Å²) in [6.07, 6.45) is -0.0924. The van der Waals surface area contributed by atoms with Gasteiger partial charge >= 0.3 is 0 Å². The van der Waals surface area contributed by atoms with Crippen molar-refractivity contribution >= 4 is 5.69 Å². The Hall–Kier alpha value is -1.62. The van der Waals surface area contributed by atoms with Gasteiger partial charge in [0, 0.05) is 18.7 Å². The molecule has 0 saturated carbocycles. The van der Waals surface area contributed by atoms with E-state index in [-0.39, 0.29) is 11.8 Å². The van der Waals surface area contributed by atoms with Gasteiger partial charge in [-0.05, 0) is 25.5 Å². The molecule has 15 heavy (non-hydrogen) atoms. The Balaban J connectivity index is 2.88. The summed E-state index contributed by atoms with van der Waals surface area (Å²) in [7, 11) is 0. The Kier molecular flexibility index (Phi) is 3.62. The highest BCUT2D eigenvalue weighted by atomic mass is 16.6. The highest BCUT2D eigenvalue weighted by Crippen LogP contribution is 2.23. The predicted molar refractivity (Wildman–Crippen MR) is 57.0 cm³/mol. The molecule has 0 saturated heterocycles. The third-order valence-corrected chi connectivity index (χ3v) is 2.03. The first kappa shape index (κ1) is 11.5. The van der Waals surface area contributed by atoms with Crippen molar-refractivity contribution < 1.29 is 9.66 Å². The van der Waals surface area contributed by atoms with Crippen LogP contribution in [0, 0.1) is 17.0 Å². The monoisotopic (exact) mass is 210 g/mol. The summed E-state index contributed by atoms with van der Waals surface area (Å²) in [5.74, 6) is 0.638. The quantitative estimate of drug-likeness (QED) is 0.605. The van der Waals surface area contributed by atoms with Gasteiger partial charge in [-0.15, -0.1) is 0 Å². The number of ether oxygens (including phenoxy) is 1. The van der Waals surface area contributed by atoms with E-state index in [0.717, 1.165) is 5.56 Å². The minimum absolute atomic E-state index is 0.0697. The third kappa shape index (κ3) is 2.92. The van der Waals surface area contributed by atoms with Crippen molar-refractivity contribution in [1.29, 1.82) is 0 Å². The number of benzene rings is 1. The number of hydrogen-bond acceptors (Lipinski definition) is 4. The molecule has 0 aliphatic heterocycles. The van der Waals surface area contributed by atoms with E-state index in [0.29, 0.717) is 12.3 Å². The number of aryl methyl sites for hydroxylation is 1. The molecule has 0 fully saturated rings. The van der Waals surface area contributed by atoms with Crippen molar-refractivity contribution in [2.24, 2.45) is 5.73 Å². The molecule has 0 amide bonds. The second-order valence-electron chi connectivity index (χ2n) is 3.37. The number of nitrogens with zero attached hydrogens (tertiary/aromatic N) is 1. The van der Waals surface area contributed by atoms with Crippen molar-refractivity contribution in [3.05, 3.63) is 33.9 Å². The third-order valence-electron chi connectivity index (χ3n) is 2.03. The normalized spacial score (nSPS) is 12.2. The summed E-state index contributed by atoms with van der Waals surface area (Å²) in [5, 5.41) is 10.5. The van der Waals surface area contributed by atoms with Crippen LogP contribution >= 0.6 is 0 Å². The van der Waals surface area contributed by atoms with Crippen molar-refractivity contribution in [2.75, 3.05) is 6.54 Å². The Morgan fingerprint density at radius 2 is 2.27 bits per heavy atom. The molecule has 5 nitrogen and oxygen atoms in total. The fourth-order valence-electron chi connectivity index (χ4n) is 1.14. The first-order valence-electron chi connectivity index (χ1n) is 4.66. The Morgan fingerprint density at radius 1 is 1.60 bits per heavy atom. The molecule has 0 spiro atoms. The van der Waals surface area contributed by atoms with Crippen LogP contribution in [0.25, 0.3) is 0 Å². The maximum Gasteiger partial charge on any atom is 0.269 e. The van der Waals surface area contributed by atoms with Crippen LogP contribution in [-0.2, 0) is 0 Å². The minimum atomic E-state index is -0.427. The number of nitro groups is 1. The first-order valence-corrected chi connectivity index (χ1v) is 4.66. The molecule has 0 heterocycles. The van der Waals surface area contributed by atoms with E-state index in [1.807, 2.05) is 6.92 Å². The van der Waals surface area contributed by atoms with Gasteiger partial charge in [0.25, 0.3) is 5.69 Å². The van der Waals surface area contributed by atoms with Crippen LogP contribution in [0.1, 0.15) is 12.5 Å². The molecular weight excluding hydrogens is 196 g/mol. The van der Waals surface area contributed by atoms with Crippen LogP contribution in [0.15, 0.2) is 18.2 Å². The van der Waals surface area contributed by atoms with Gasteiger partial charge in [-0.1, -0.05) is 0 Å². The van der Waals surface area contributed by atoms with Crippen LogP contribution < -0.4 is 10.5 Å². The maximum atomic E-state index is 10.5. The lowest BCUT2D eigenvalue weighted by Crippen LogP contribution is -2.23. The summed E-state index contributed by atoms with van der Waals surface area (Å²) in [5.41, 5.74) is 6.22. The van der Waals surface area contributed by atoms with Crippen molar-refractivity contribution in [3.63, 3.8) is 0 Å². The van der Waals surface area contributed by atoms with E-state index in [1.54, 1.807) is 13.0 Å². The minimum Gasteiger partial charge on any atom is -0.489 e. The lowest BCUT2D eigenvalue weighted by Gasteiger charge is -2.14. The summed E-state index contributed by atoms with van der Waals surface area (Å²) in [4.78, 5) is 10.1. The number of non-ortho nitro benzene ring substituents is 1. The molecule has 1 aromatic carbocycles. The van der Waals surface area contributed by atoms with Gasteiger partial charge in [0.1, 0.15) is 11.9 Å². The second-order valence-corrected chi connectivity index (χ2v) is 3.37. The zero-order valence-electron chi connectivity index (χ0n) is 8.77. The highest BCUT2D eigenvalue weighted by Gasteiger charge is 2.10. The van der Waals surface area contributed by atoms with Crippen LogP contribution in [0.5, 0.6) is 5.75 Å². The molecule has 82 valence electrons. The number of rotatable bonds is 4. The summed E-state index contributed by atoms with van der Waals surface area (Å²) < 4.78 is 5.48. The molecule has 1 aromatic rings. The van der Waals surface area contributed by atoms with Gasteiger partial charge in [-0.3, -0.25) is 10.1 Å². The van der Waals surface area contributed by atoms with Gasteiger partial charge in [0.2, 0.25) is 0 Å². The average Bonchev–Trinajstić information content (AvgIpc) is 2.20. The number of nitrogens with two attached hydrogens (primary N) is 1. The standard InChI is InChI=1S/C10H14N2O3/c1-7-5-9(12(13)14)3-4-10(7)15-8(2)6-11/h3-5,8H,6,11H2,1-2H3. The van der Waals surface area contributed by atoms with Crippen LogP contribution in [0.4, 0.5) is 5.69 Å². The van der Waals surface area contributed by atoms with Gasteiger partial charge in [-0.25, -0.2) is 0 Å². The van der Waals surface area contributed by atoms with Crippen LogP contribution in [0.3, 0.4) is 0 Å². The SMILES string of the molecule is Cc1cc([N+](=O)[O-])ccc1OC(C)CN. The van der Waals surface area contributed by atoms with E-state index in [2.05, 4.69) is 0 Å². The topological polar surface area (TPSA) is 78.4 Å². The molecule has 5 heteroatoms. The first-order chi connectivity index (χ1) is 7.04. The van der Waals surface area contributed by atoms with Gasteiger partial charge < -0.3 is 10.5 Å². The van der Waals surface area contributed by atoms with E-state index in [9.17, 15) is 10.1 Å². The lowest BCUT2D eigenvalue weighted by atomic mass is 10.2. The van der Waals surface area contributed by atoms with E-state index >= 15 is 0 Å². The molecule has 0 aliphatic rings. The fourth-order valence-corrected chi connectivity index (χ4v) is 1.14.